The molecular weight excluding hydrogens is 384 g/mol. The molecule has 0 aliphatic rings. The van der Waals surface area contributed by atoms with Gasteiger partial charge in [-0.05, 0) is 36.8 Å². The van der Waals surface area contributed by atoms with E-state index in [9.17, 15) is 9.59 Å². The van der Waals surface area contributed by atoms with E-state index in [0.717, 1.165) is 10.0 Å². The van der Waals surface area contributed by atoms with Crippen LogP contribution in [0.1, 0.15) is 12.5 Å². The Morgan fingerprint density at radius 2 is 1.76 bits per heavy atom. The molecular formula is C19H21BrN2O3. The molecule has 0 bridgehead atoms. The molecule has 0 unspecified atom stereocenters. The molecule has 2 aromatic rings. The van der Waals surface area contributed by atoms with E-state index < -0.39 is 6.04 Å². The van der Waals surface area contributed by atoms with Crippen molar-refractivity contribution >= 4 is 27.7 Å². The van der Waals surface area contributed by atoms with Crippen LogP contribution in [0.25, 0.3) is 0 Å². The first-order chi connectivity index (χ1) is 12.0. The Morgan fingerprint density at radius 3 is 2.36 bits per heavy atom. The first-order valence-electron chi connectivity index (χ1n) is 7.94. The van der Waals surface area contributed by atoms with Gasteiger partial charge in [-0.2, -0.15) is 0 Å². The zero-order valence-electron chi connectivity index (χ0n) is 14.2. The summed E-state index contributed by atoms with van der Waals surface area (Å²) < 4.78 is 6.50. The molecule has 0 aromatic heterocycles. The fourth-order valence-electron chi connectivity index (χ4n) is 2.32. The predicted molar refractivity (Wildman–Crippen MR) is 100 cm³/mol. The minimum absolute atomic E-state index is 0.123. The number of likely N-dealkylation sites (N-methyl/N-ethyl adjacent to an activating group) is 1. The maximum Gasteiger partial charge on any atom is 0.261 e. The van der Waals surface area contributed by atoms with Crippen LogP contribution in [-0.2, 0) is 16.1 Å². The second kappa shape index (κ2) is 9.22. The van der Waals surface area contributed by atoms with Crippen molar-refractivity contribution in [3.63, 3.8) is 0 Å². The van der Waals surface area contributed by atoms with Crippen LogP contribution in [0.3, 0.4) is 0 Å². The highest BCUT2D eigenvalue weighted by Crippen LogP contribution is 2.15. The van der Waals surface area contributed by atoms with Crippen LogP contribution in [-0.4, -0.2) is 36.4 Å². The molecule has 5 nitrogen and oxygen atoms in total. The fourth-order valence-corrected chi connectivity index (χ4v) is 2.59. The van der Waals surface area contributed by atoms with E-state index in [0.29, 0.717) is 12.3 Å². The molecule has 25 heavy (non-hydrogen) atoms. The summed E-state index contributed by atoms with van der Waals surface area (Å²) in [6.07, 6.45) is 0. The molecule has 2 rings (SSSR count). The topological polar surface area (TPSA) is 58.6 Å². The maximum absolute atomic E-state index is 12.7. The zero-order valence-corrected chi connectivity index (χ0v) is 15.8. The third-order valence-corrected chi connectivity index (χ3v) is 4.31. The number of hydrogen-bond acceptors (Lipinski definition) is 3. The Labute approximate surface area is 156 Å². The van der Waals surface area contributed by atoms with Gasteiger partial charge >= 0.3 is 0 Å². The molecule has 6 heteroatoms. The number of rotatable bonds is 7. The van der Waals surface area contributed by atoms with Crippen molar-refractivity contribution in [3.05, 3.63) is 64.6 Å². The Hall–Kier alpha value is -2.34. The average Bonchev–Trinajstić information content (AvgIpc) is 2.65. The Balaban J connectivity index is 2.10. The molecule has 0 heterocycles. The van der Waals surface area contributed by atoms with Gasteiger partial charge in [-0.1, -0.05) is 46.3 Å². The summed E-state index contributed by atoms with van der Waals surface area (Å²) in [5.41, 5.74) is 0.937. The van der Waals surface area contributed by atoms with Gasteiger partial charge in [0.15, 0.2) is 6.61 Å². The van der Waals surface area contributed by atoms with Crippen LogP contribution in [0.15, 0.2) is 59.1 Å². The summed E-state index contributed by atoms with van der Waals surface area (Å²) in [6.45, 7) is 1.92. The molecule has 0 aliphatic heterocycles. The van der Waals surface area contributed by atoms with Gasteiger partial charge in [-0.25, -0.2) is 0 Å². The molecule has 1 atom stereocenters. The van der Waals surface area contributed by atoms with E-state index >= 15 is 0 Å². The van der Waals surface area contributed by atoms with Crippen LogP contribution in [0.4, 0.5) is 0 Å². The molecule has 0 spiro atoms. The highest BCUT2D eigenvalue weighted by atomic mass is 79.9. The van der Waals surface area contributed by atoms with Gasteiger partial charge in [0.1, 0.15) is 11.8 Å². The largest absolute Gasteiger partial charge is 0.484 e. The Bertz CT molecular complexity index is 704. The van der Waals surface area contributed by atoms with Crippen molar-refractivity contribution in [2.45, 2.75) is 19.5 Å². The molecule has 0 radical (unpaired) electrons. The summed E-state index contributed by atoms with van der Waals surface area (Å²) in [4.78, 5) is 26.2. The summed E-state index contributed by atoms with van der Waals surface area (Å²) in [7, 11) is 1.56. The van der Waals surface area contributed by atoms with Crippen LogP contribution in [0, 0.1) is 0 Å². The number of carbonyl (C=O) groups excluding carboxylic acids is 2. The number of nitrogens with zero attached hydrogens (tertiary/aromatic N) is 1. The minimum atomic E-state index is -0.597. The number of halogens is 1. The van der Waals surface area contributed by atoms with E-state index in [1.54, 1.807) is 26.1 Å². The first kappa shape index (κ1) is 19.0. The molecule has 0 saturated heterocycles. The normalized spacial score (nSPS) is 11.5. The predicted octanol–water partition coefficient (Wildman–Crippen LogP) is 2.99. The van der Waals surface area contributed by atoms with Crippen molar-refractivity contribution in [1.29, 1.82) is 0 Å². The lowest BCUT2D eigenvalue weighted by Crippen LogP contribution is -2.48. The van der Waals surface area contributed by atoms with Crippen molar-refractivity contribution in [2.24, 2.45) is 0 Å². The monoisotopic (exact) mass is 404 g/mol. The lowest BCUT2D eigenvalue weighted by Gasteiger charge is -2.28. The summed E-state index contributed by atoms with van der Waals surface area (Å²) in [6, 6.07) is 16.2. The lowest BCUT2D eigenvalue weighted by molar-refractivity contribution is -0.142. The third-order valence-electron chi connectivity index (χ3n) is 3.79. The summed E-state index contributed by atoms with van der Waals surface area (Å²) in [5, 5.41) is 2.59. The highest BCUT2D eigenvalue weighted by molar-refractivity contribution is 9.10. The molecule has 1 N–H and O–H groups in total. The number of ether oxygens (including phenoxy) is 1. The summed E-state index contributed by atoms with van der Waals surface area (Å²) >= 11 is 3.39. The molecule has 2 amide bonds. The smallest absolute Gasteiger partial charge is 0.261 e. The van der Waals surface area contributed by atoms with E-state index in [-0.39, 0.29) is 18.4 Å². The van der Waals surface area contributed by atoms with Crippen molar-refractivity contribution in [3.8, 4) is 5.75 Å². The van der Waals surface area contributed by atoms with Crippen molar-refractivity contribution in [2.75, 3.05) is 13.7 Å². The van der Waals surface area contributed by atoms with Gasteiger partial charge in [0, 0.05) is 18.1 Å². The van der Waals surface area contributed by atoms with E-state index in [1.807, 2.05) is 42.5 Å². The fraction of sp³-hybridized carbons (Fsp3) is 0.263. The van der Waals surface area contributed by atoms with Crippen LogP contribution >= 0.6 is 15.9 Å². The van der Waals surface area contributed by atoms with Gasteiger partial charge in [-0.3, -0.25) is 9.59 Å². The number of hydrogen-bond donors (Lipinski definition) is 1. The number of para-hydroxylation sites is 1. The second-order valence-corrected chi connectivity index (χ2v) is 6.46. The van der Waals surface area contributed by atoms with Crippen LogP contribution < -0.4 is 10.1 Å². The first-order valence-corrected chi connectivity index (χ1v) is 8.74. The Morgan fingerprint density at radius 1 is 1.12 bits per heavy atom. The number of amides is 2. The second-order valence-electron chi connectivity index (χ2n) is 5.54. The van der Waals surface area contributed by atoms with Crippen LogP contribution in [0.5, 0.6) is 5.75 Å². The molecule has 132 valence electrons. The number of carbonyl (C=O) groups is 2. The standard InChI is InChI=1S/C19H21BrN2O3/c1-14(19(24)21-2)22(12-15-8-10-16(20)11-9-15)18(23)13-25-17-6-4-3-5-7-17/h3-11,14H,12-13H2,1-2H3,(H,21,24)/t14-/m0/s1. The van der Waals surface area contributed by atoms with E-state index in [4.69, 9.17) is 4.74 Å². The van der Waals surface area contributed by atoms with Crippen LogP contribution in [0.2, 0.25) is 0 Å². The Kier molecular flexibility index (Phi) is 7.01. The van der Waals surface area contributed by atoms with E-state index in [1.165, 1.54) is 4.90 Å². The molecule has 0 fully saturated rings. The summed E-state index contributed by atoms with van der Waals surface area (Å²) in [5.74, 6) is 0.153. The lowest BCUT2D eigenvalue weighted by atomic mass is 10.1. The van der Waals surface area contributed by atoms with Gasteiger partial charge in [0.05, 0.1) is 0 Å². The molecule has 2 aromatic carbocycles. The quantitative estimate of drug-likeness (QED) is 0.771. The van der Waals surface area contributed by atoms with Gasteiger partial charge < -0.3 is 15.0 Å². The number of benzene rings is 2. The molecule has 0 aliphatic carbocycles. The zero-order chi connectivity index (χ0) is 18.2. The third kappa shape index (κ3) is 5.60. The minimum Gasteiger partial charge on any atom is -0.484 e. The molecule has 0 saturated carbocycles. The van der Waals surface area contributed by atoms with Crippen molar-refractivity contribution in [1.82, 2.24) is 10.2 Å². The maximum atomic E-state index is 12.7. The van der Waals surface area contributed by atoms with Crippen molar-refractivity contribution < 1.29 is 14.3 Å². The number of nitrogens with one attached hydrogen (secondary N) is 1. The van der Waals surface area contributed by atoms with Gasteiger partial charge in [0.25, 0.3) is 5.91 Å². The average molecular weight is 405 g/mol. The SMILES string of the molecule is CNC(=O)[C@H](C)N(Cc1ccc(Br)cc1)C(=O)COc1ccccc1. The van der Waals surface area contributed by atoms with E-state index in [2.05, 4.69) is 21.2 Å². The highest BCUT2D eigenvalue weighted by Gasteiger charge is 2.25. The van der Waals surface area contributed by atoms with Gasteiger partial charge in [-0.15, -0.1) is 0 Å². The van der Waals surface area contributed by atoms with Gasteiger partial charge in [0.2, 0.25) is 5.91 Å².